The van der Waals surface area contributed by atoms with Crippen molar-refractivity contribution in [2.45, 2.75) is 27.7 Å². The summed E-state index contributed by atoms with van der Waals surface area (Å²) in [5, 5.41) is 9.10. The molecule has 0 aliphatic rings. The molecule has 0 saturated heterocycles. The first kappa shape index (κ1) is 14.4. The highest BCUT2D eigenvalue weighted by molar-refractivity contribution is 5.58. The van der Waals surface area contributed by atoms with Gasteiger partial charge in [0.25, 0.3) is 0 Å². The molecule has 1 rings (SSSR count). The number of aryl methyl sites for hydroxylation is 2. The molecule has 0 saturated carbocycles. The summed E-state index contributed by atoms with van der Waals surface area (Å²) in [4.78, 5) is 2.13. The number of benzene rings is 1. The van der Waals surface area contributed by atoms with E-state index in [1.165, 1.54) is 0 Å². The number of ether oxygens (including phenoxy) is 1. The van der Waals surface area contributed by atoms with Crippen LogP contribution in [-0.4, -0.2) is 20.7 Å². The van der Waals surface area contributed by atoms with Crippen molar-refractivity contribution in [2.75, 3.05) is 25.6 Å². The van der Waals surface area contributed by atoms with E-state index in [9.17, 15) is 0 Å². The number of rotatable bonds is 4. The molecule has 3 nitrogen and oxygen atoms in total. The van der Waals surface area contributed by atoms with Gasteiger partial charge in [-0.1, -0.05) is 0 Å². The second kappa shape index (κ2) is 5.30. The van der Waals surface area contributed by atoms with Crippen molar-refractivity contribution >= 4 is 5.69 Å². The van der Waals surface area contributed by atoms with Gasteiger partial charge in [0.2, 0.25) is 0 Å². The van der Waals surface area contributed by atoms with Gasteiger partial charge < -0.3 is 9.64 Å². The second-order valence-electron chi connectivity index (χ2n) is 5.46. The fourth-order valence-electron chi connectivity index (χ4n) is 2.12. The van der Waals surface area contributed by atoms with Crippen LogP contribution in [0.15, 0.2) is 12.1 Å². The maximum Gasteiger partial charge on any atom is 0.122 e. The number of anilines is 1. The summed E-state index contributed by atoms with van der Waals surface area (Å²) >= 11 is 0. The lowest BCUT2D eigenvalue weighted by Gasteiger charge is -2.28. The first-order valence-corrected chi connectivity index (χ1v) is 6.08. The summed E-state index contributed by atoms with van der Waals surface area (Å²) in [7, 11) is 3.71. The Morgan fingerprint density at radius 3 is 2.39 bits per heavy atom. The lowest BCUT2D eigenvalue weighted by molar-refractivity contribution is 0.411. The van der Waals surface area contributed by atoms with E-state index in [0.29, 0.717) is 6.54 Å². The minimum atomic E-state index is -0.352. The van der Waals surface area contributed by atoms with Crippen LogP contribution in [0.5, 0.6) is 5.75 Å². The van der Waals surface area contributed by atoms with Gasteiger partial charge >= 0.3 is 0 Å². The third kappa shape index (κ3) is 3.16. The zero-order valence-corrected chi connectivity index (χ0v) is 12.2. The number of hydrogen-bond donors (Lipinski definition) is 0. The van der Waals surface area contributed by atoms with Gasteiger partial charge in [-0.05, 0) is 51.0 Å². The van der Waals surface area contributed by atoms with E-state index >= 15 is 0 Å². The van der Waals surface area contributed by atoms with E-state index in [-0.39, 0.29) is 5.41 Å². The van der Waals surface area contributed by atoms with Crippen molar-refractivity contribution in [2.24, 2.45) is 5.41 Å². The van der Waals surface area contributed by atoms with Crippen molar-refractivity contribution in [1.29, 1.82) is 5.26 Å². The molecule has 0 spiro atoms. The van der Waals surface area contributed by atoms with Gasteiger partial charge in [0, 0.05) is 19.3 Å². The fraction of sp³-hybridized carbons (Fsp3) is 0.533. The average molecular weight is 246 g/mol. The molecule has 3 heteroatoms. The molecular formula is C15H22N2O. The Kier molecular flexibility index (Phi) is 4.24. The molecule has 0 atom stereocenters. The van der Waals surface area contributed by atoms with Crippen molar-refractivity contribution in [3.8, 4) is 11.8 Å². The Bertz CT molecular complexity index is 472. The number of nitrogens with zero attached hydrogens (tertiary/aromatic N) is 2. The van der Waals surface area contributed by atoms with Gasteiger partial charge in [-0.25, -0.2) is 0 Å². The molecule has 0 N–H and O–H groups in total. The van der Waals surface area contributed by atoms with Crippen molar-refractivity contribution in [3.63, 3.8) is 0 Å². The summed E-state index contributed by atoms with van der Waals surface area (Å²) in [5.41, 5.74) is 3.07. The maximum atomic E-state index is 9.10. The van der Waals surface area contributed by atoms with Gasteiger partial charge in [-0.2, -0.15) is 5.26 Å². The first-order valence-electron chi connectivity index (χ1n) is 6.08. The monoisotopic (exact) mass is 246 g/mol. The topological polar surface area (TPSA) is 36.3 Å². The molecule has 0 aromatic heterocycles. The molecular weight excluding hydrogens is 224 g/mol. The highest BCUT2D eigenvalue weighted by Gasteiger charge is 2.20. The van der Waals surface area contributed by atoms with Gasteiger partial charge in [0.05, 0.1) is 18.6 Å². The molecule has 0 radical (unpaired) electrons. The molecule has 0 unspecified atom stereocenters. The normalized spacial score (nSPS) is 10.9. The average Bonchev–Trinajstić information content (AvgIpc) is 2.30. The highest BCUT2D eigenvalue weighted by atomic mass is 16.5. The summed E-state index contributed by atoms with van der Waals surface area (Å²) in [6.45, 7) is 8.71. The fourth-order valence-corrected chi connectivity index (χ4v) is 2.12. The Balaban J connectivity index is 3.04. The van der Waals surface area contributed by atoms with Crippen LogP contribution >= 0.6 is 0 Å². The van der Waals surface area contributed by atoms with Crippen molar-refractivity contribution in [1.82, 2.24) is 0 Å². The third-order valence-corrected chi connectivity index (χ3v) is 3.06. The predicted molar refractivity (Wildman–Crippen MR) is 75.1 cm³/mol. The van der Waals surface area contributed by atoms with Gasteiger partial charge in [-0.3, -0.25) is 0 Å². The molecule has 0 bridgehead atoms. The lowest BCUT2D eigenvalue weighted by atomic mass is 9.94. The minimum Gasteiger partial charge on any atom is -0.496 e. The molecule has 98 valence electrons. The van der Waals surface area contributed by atoms with E-state index in [1.807, 2.05) is 33.9 Å². The molecule has 0 aliphatic heterocycles. The summed E-state index contributed by atoms with van der Waals surface area (Å²) in [6.07, 6.45) is 0. The van der Waals surface area contributed by atoms with Gasteiger partial charge in [-0.15, -0.1) is 0 Å². The van der Waals surface area contributed by atoms with Crippen LogP contribution in [0.1, 0.15) is 25.0 Å². The predicted octanol–water partition coefficient (Wildman–Crippen LogP) is 3.30. The maximum absolute atomic E-state index is 9.10. The zero-order chi connectivity index (χ0) is 13.9. The molecule has 1 aromatic carbocycles. The van der Waals surface area contributed by atoms with Crippen molar-refractivity contribution < 1.29 is 4.74 Å². The van der Waals surface area contributed by atoms with Crippen LogP contribution in [-0.2, 0) is 0 Å². The van der Waals surface area contributed by atoms with Crippen molar-refractivity contribution in [3.05, 3.63) is 23.3 Å². The van der Waals surface area contributed by atoms with Crippen LogP contribution in [0.2, 0.25) is 0 Å². The summed E-state index contributed by atoms with van der Waals surface area (Å²) < 4.78 is 5.31. The van der Waals surface area contributed by atoms with E-state index in [2.05, 4.69) is 24.0 Å². The quantitative estimate of drug-likeness (QED) is 0.818. The van der Waals surface area contributed by atoms with Crippen LogP contribution in [0.25, 0.3) is 0 Å². The Labute approximate surface area is 110 Å². The van der Waals surface area contributed by atoms with Crippen LogP contribution in [0, 0.1) is 30.6 Å². The van der Waals surface area contributed by atoms with E-state index in [4.69, 9.17) is 10.00 Å². The number of nitriles is 1. The summed E-state index contributed by atoms with van der Waals surface area (Å²) in [5.74, 6) is 0.907. The first-order chi connectivity index (χ1) is 8.30. The van der Waals surface area contributed by atoms with E-state index in [0.717, 1.165) is 22.6 Å². The van der Waals surface area contributed by atoms with Crippen LogP contribution in [0.3, 0.4) is 0 Å². The standard InChI is InChI=1S/C15H22N2O/c1-11-8-14(18-6)12(2)7-13(11)17(5)10-15(3,4)9-16/h7-8H,10H2,1-6H3. The number of hydrogen-bond acceptors (Lipinski definition) is 3. The smallest absolute Gasteiger partial charge is 0.122 e. The van der Waals surface area contributed by atoms with Gasteiger partial charge in [0.15, 0.2) is 0 Å². The van der Waals surface area contributed by atoms with Crippen LogP contribution in [0.4, 0.5) is 5.69 Å². The Morgan fingerprint density at radius 1 is 1.28 bits per heavy atom. The molecule has 1 aromatic rings. The molecule has 0 aliphatic carbocycles. The number of methoxy groups -OCH3 is 1. The largest absolute Gasteiger partial charge is 0.496 e. The SMILES string of the molecule is COc1cc(C)c(N(C)CC(C)(C)C#N)cc1C. The summed E-state index contributed by atoms with van der Waals surface area (Å²) in [6, 6.07) is 6.49. The molecule has 0 fully saturated rings. The zero-order valence-electron chi connectivity index (χ0n) is 12.2. The lowest BCUT2D eigenvalue weighted by Crippen LogP contribution is -2.30. The van der Waals surface area contributed by atoms with E-state index < -0.39 is 0 Å². The molecule has 0 heterocycles. The second-order valence-corrected chi connectivity index (χ2v) is 5.46. The van der Waals surface area contributed by atoms with E-state index in [1.54, 1.807) is 7.11 Å². The Hall–Kier alpha value is -1.69. The third-order valence-electron chi connectivity index (χ3n) is 3.06. The molecule has 0 amide bonds. The molecule has 18 heavy (non-hydrogen) atoms. The van der Waals surface area contributed by atoms with Crippen LogP contribution < -0.4 is 9.64 Å². The van der Waals surface area contributed by atoms with Gasteiger partial charge in [0.1, 0.15) is 5.75 Å². The highest BCUT2D eigenvalue weighted by Crippen LogP contribution is 2.29. The Morgan fingerprint density at radius 2 is 1.89 bits per heavy atom. The minimum absolute atomic E-state index is 0.352.